The van der Waals surface area contributed by atoms with E-state index in [1.165, 1.54) is 0 Å². The molecule has 2 aliphatic rings. The third-order valence-electron chi connectivity index (χ3n) is 4.45. The first-order valence-corrected chi connectivity index (χ1v) is 8.39. The Balaban J connectivity index is 1.66. The monoisotopic (exact) mass is 348 g/mol. The quantitative estimate of drug-likeness (QED) is 0.803. The minimum absolute atomic E-state index is 0.0378. The van der Waals surface area contributed by atoms with E-state index in [9.17, 15) is 9.90 Å². The molecule has 1 saturated heterocycles. The van der Waals surface area contributed by atoms with Gasteiger partial charge in [-0.25, -0.2) is 0 Å². The Hall–Kier alpha value is -2.09. The number of para-hydroxylation sites is 1. The van der Waals surface area contributed by atoms with Crippen LogP contribution in [0.1, 0.15) is 5.56 Å². The zero-order chi connectivity index (χ0) is 17.8. The summed E-state index contributed by atoms with van der Waals surface area (Å²) >= 11 is 0. The van der Waals surface area contributed by atoms with Crippen molar-refractivity contribution in [2.45, 2.75) is 6.10 Å². The summed E-state index contributed by atoms with van der Waals surface area (Å²) in [6.07, 6.45) is 1.55. The molecule has 1 atom stereocenters. The highest BCUT2D eigenvalue weighted by Gasteiger charge is 2.24. The van der Waals surface area contributed by atoms with Crippen molar-refractivity contribution in [1.82, 2.24) is 9.80 Å². The van der Waals surface area contributed by atoms with E-state index in [-0.39, 0.29) is 6.54 Å². The molecule has 0 bridgehead atoms. The summed E-state index contributed by atoms with van der Waals surface area (Å²) in [7, 11) is 1.62. The molecule has 0 saturated carbocycles. The van der Waals surface area contributed by atoms with Crippen LogP contribution < -0.4 is 9.47 Å². The van der Waals surface area contributed by atoms with Gasteiger partial charge in [-0.3, -0.25) is 14.6 Å². The molecule has 0 aromatic heterocycles. The predicted molar refractivity (Wildman–Crippen MR) is 93.0 cm³/mol. The van der Waals surface area contributed by atoms with Gasteiger partial charge in [-0.2, -0.15) is 0 Å². The second-order valence-electron chi connectivity index (χ2n) is 6.49. The lowest BCUT2D eigenvalue weighted by molar-refractivity contribution is -0.138. The normalized spacial score (nSPS) is 21.7. The summed E-state index contributed by atoms with van der Waals surface area (Å²) in [6.45, 7) is 3.39. The number of β-amino-alcohol motifs (C(OH)–C–C–N with tert-alkyl or cyclic N) is 1. The average Bonchev–Trinajstić information content (AvgIpc) is 2.74. The summed E-state index contributed by atoms with van der Waals surface area (Å²) in [4.78, 5) is 14.8. The number of fused-ring (bicyclic) bond motifs is 1. The number of aliphatic carboxylic acids is 1. The topological polar surface area (TPSA) is 82.5 Å². The molecule has 7 nitrogen and oxygen atoms in total. The molecule has 1 fully saturated rings. The van der Waals surface area contributed by atoms with E-state index in [1.54, 1.807) is 12.0 Å². The van der Waals surface area contributed by atoms with Crippen LogP contribution in [-0.2, 0) is 4.79 Å². The highest BCUT2D eigenvalue weighted by atomic mass is 16.5. The predicted octanol–water partition coefficient (Wildman–Crippen LogP) is 0.534. The van der Waals surface area contributed by atoms with Gasteiger partial charge in [-0.15, -0.1) is 0 Å². The third kappa shape index (κ3) is 4.50. The molecule has 0 radical (unpaired) electrons. The van der Waals surface area contributed by atoms with E-state index >= 15 is 0 Å². The Kier molecular flexibility index (Phi) is 5.57. The van der Waals surface area contributed by atoms with Crippen molar-refractivity contribution in [1.29, 1.82) is 0 Å². The Morgan fingerprint density at radius 3 is 2.84 bits per heavy atom. The Morgan fingerprint density at radius 2 is 2.08 bits per heavy atom. The van der Waals surface area contributed by atoms with E-state index in [0.717, 1.165) is 22.6 Å². The van der Waals surface area contributed by atoms with Crippen molar-refractivity contribution in [3.05, 3.63) is 29.3 Å². The first kappa shape index (κ1) is 17.7. The number of carboxylic acids is 1. The molecular weight excluding hydrogens is 324 g/mol. The average molecular weight is 348 g/mol. The van der Waals surface area contributed by atoms with Crippen LogP contribution in [0.2, 0.25) is 0 Å². The molecule has 1 aromatic carbocycles. The minimum atomic E-state index is -0.866. The number of nitrogens with zero attached hydrogens (tertiary/aromatic N) is 2. The fourth-order valence-electron chi connectivity index (χ4n) is 3.36. The van der Waals surface area contributed by atoms with Crippen LogP contribution in [0, 0.1) is 0 Å². The van der Waals surface area contributed by atoms with Gasteiger partial charge in [0.15, 0.2) is 11.5 Å². The maximum Gasteiger partial charge on any atom is 0.317 e. The van der Waals surface area contributed by atoms with Gasteiger partial charge >= 0.3 is 5.97 Å². The van der Waals surface area contributed by atoms with Crippen molar-refractivity contribution < 1.29 is 24.5 Å². The first-order chi connectivity index (χ1) is 12.0. The molecule has 0 spiro atoms. The summed E-state index contributed by atoms with van der Waals surface area (Å²) < 4.78 is 11.2. The summed E-state index contributed by atoms with van der Waals surface area (Å²) in [5.41, 5.74) is 2.11. The van der Waals surface area contributed by atoms with Crippen LogP contribution in [0.15, 0.2) is 23.8 Å². The lowest BCUT2D eigenvalue weighted by Gasteiger charge is -2.26. The highest BCUT2D eigenvalue weighted by molar-refractivity contribution is 5.69. The largest absolute Gasteiger partial charge is 0.493 e. The standard InChI is InChI=1S/C18H24N2O5/c1-24-16-4-2-3-14-7-13(12-25-18(14)16)8-19-5-6-20(11-17(22)23)10-15(21)9-19/h2-4,7,15,21H,5-6,8-12H2,1H3,(H,22,23)/t15-/m1/s1. The molecule has 3 rings (SSSR count). The number of hydrogen-bond acceptors (Lipinski definition) is 6. The van der Waals surface area contributed by atoms with Crippen molar-refractivity contribution in [2.24, 2.45) is 0 Å². The Labute approximate surface area is 147 Å². The van der Waals surface area contributed by atoms with Crippen LogP contribution in [0.3, 0.4) is 0 Å². The number of ether oxygens (including phenoxy) is 2. The molecule has 1 aromatic rings. The number of carboxylic acid groups (broad SMARTS) is 1. The molecule has 2 N–H and O–H groups in total. The maximum absolute atomic E-state index is 10.9. The SMILES string of the molecule is COc1cccc2c1OCC(CN1CCN(CC(=O)O)C[C@H](O)C1)=C2. The van der Waals surface area contributed by atoms with Crippen molar-refractivity contribution in [3.63, 3.8) is 0 Å². The van der Waals surface area contributed by atoms with Gasteiger partial charge in [0.05, 0.1) is 19.8 Å². The molecule has 25 heavy (non-hydrogen) atoms. The molecule has 136 valence electrons. The second kappa shape index (κ2) is 7.86. The number of hydrogen-bond donors (Lipinski definition) is 2. The maximum atomic E-state index is 10.9. The minimum Gasteiger partial charge on any atom is -0.493 e. The van der Waals surface area contributed by atoms with Gasteiger partial charge in [-0.1, -0.05) is 12.1 Å². The molecule has 0 unspecified atom stereocenters. The van der Waals surface area contributed by atoms with Crippen molar-refractivity contribution >= 4 is 12.0 Å². The van der Waals surface area contributed by atoms with Gasteiger partial charge in [0, 0.05) is 38.3 Å². The molecular formula is C18H24N2O5. The lowest BCUT2D eigenvalue weighted by atomic mass is 10.1. The zero-order valence-corrected chi connectivity index (χ0v) is 14.4. The van der Waals surface area contributed by atoms with Gasteiger partial charge in [0.1, 0.15) is 6.61 Å². The third-order valence-corrected chi connectivity index (χ3v) is 4.45. The van der Waals surface area contributed by atoms with Crippen LogP contribution in [0.4, 0.5) is 0 Å². The van der Waals surface area contributed by atoms with Crippen LogP contribution in [0.5, 0.6) is 11.5 Å². The highest BCUT2D eigenvalue weighted by Crippen LogP contribution is 2.35. The molecule has 2 aliphatic heterocycles. The number of benzene rings is 1. The van der Waals surface area contributed by atoms with Crippen molar-refractivity contribution in [3.8, 4) is 11.5 Å². The van der Waals surface area contributed by atoms with Crippen LogP contribution >= 0.6 is 0 Å². The lowest BCUT2D eigenvalue weighted by Crippen LogP contribution is -2.36. The number of methoxy groups -OCH3 is 1. The smallest absolute Gasteiger partial charge is 0.317 e. The summed E-state index contributed by atoms with van der Waals surface area (Å²) in [5.74, 6) is 0.620. The molecule has 7 heteroatoms. The van der Waals surface area contributed by atoms with E-state index in [2.05, 4.69) is 11.0 Å². The zero-order valence-electron chi connectivity index (χ0n) is 14.4. The molecule has 2 heterocycles. The summed E-state index contributed by atoms with van der Waals surface area (Å²) in [5, 5.41) is 19.1. The fourth-order valence-corrected chi connectivity index (χ4v) is 3.36. The Bertz CT molecular complexity index is 661. The number of rotatable bonds is 5. The van der Waals surface area contributed by atoms with Crippen LogP contribution in [-0.4, -0.2) is 85.1 Å². The van der Waals surface area contributed by atoms with Gasteiger partial charge in [-0.05, 0) is 17.7 Å². The van der Waals surface area contributed by atoms with Crippen LogP contribution in [0.25, 0.3) is 6.08 Å². The van der Waals surface area contributed by atoms with Gasteiger partial charge in [0.2, 0.25) is 0 Å². The van der Waals surface area contributed by atoms with E-state index in [0.29, 0.717) is 39.3 Å². The first-order valence-electron chi connectivity index (χ1n) is 8.39. The molecule has 0 amide bonds. The number of aliphatic hydroxyl groups is 1. The van der Waals surface area contributed by atoms with E-state index in [4.69, 9.17) is 14.6 Å². The number of carbonyl (C=O) groups is 1. The second-order valence-corrected chi connectivity index (χ2v) is 6.49. The van der Waals surface area contributed by atoms with Gasteiger partial charge < -0.3 is 19.7 Å². The van der Waals surface area contributed by atoms with E-state index < -0.39 is 12.1 Å². The number of aliphatic hydroxyl groups excluding tert-OH is 1. The summed E-state index contributed by atoms with van der Waals surface area (Å²) in [6, 6.07) is 5.79. The fraction of sp³-hybridized carbons (Fsp3) is 0.500. The van der Waals surface area contributed by atoms with E-state index in [1.807, 2.05) is 18.2 Å². The molecule has 0 aliphatic carbocycles. The Morgan fingerprint density at radius 1 is 1.32 bits per heavy atom. The van der Waals surface area contributed by atoms with Gasteiger partial charge in [0.25, 0.3) is 0 Å². The van der Waals surface area contributed by atoms with Crippen molar-refractivity contribution in [2.75, 3.05) is 53.0 Å².